The van der Waals surface area contributed by atoms with E-state index in [1.54, 1.807) is 0 Å². The van der Waals surface area contributed by atoms with Crippen LogP contribution < -0.4 is 17.0 Å². The highest BCUT2D eigenvalue weighted by atomic mass is 79.9. The van der Waals surface area contributed by atoms with E-state index in [2.05, 4.69) is 0 Å². The molecule has 1 atom stereocenters. The van der Waals surface area contributed by atoms with E-state index in [1.807, 2.05) is 21.1 Å². The van der Waals surface area contributed by atoms with Crippen LogP contribution in [-0.4, -0.2) is 55.1 Å². The molecular formula is C6H16BrNO2. The number of hydrogen-bond acceptors (Lipinski definition) is 2. The summed E-state index contributed by atoms with van der Waals surface area (Å²) in [4.78, 5) is 0. The van der Waals surface area contributed by atoms with Gasteiger partial charge in [-0.25, -0.2) is 0 Å². The Morgan fingerprint density at radius 1 is 1.30 bits per heavy atom. The molecule has 0 unspecified atom stereocenters. The first kappa shape index (κ1) is 13.0. The number of halogens is 1. The second-order valence-corrected chi connectivity index (χ2v) is 3.31. The van der Waals surface area contributed by atoms with E-state index >= 15 is 0 Å². The van der Waals surface area contributed by atoms with Crippen molar-refractivity contribution in [3.05, 3.63) is 0 Å². The molecule has 0 aromatic rings. The summed E-state index contributed by atoms with van der Waals surface area (Å²) in [5.41, 5.74) is 0. The van der Waals surface area contributed by atoms with E-state index in [4.69, 9.17) is 10.2 Å². The zero-order valence-corrected chi connectivity index (χ0v) is 8.30. The van der Waals surface area contributed by atoms with Crippen LogP contribution in [0.5, 0.6) is 0 Å². The Balaban J connectivity index is 0. The first-order chi connectivity index (χ1) is 3.95. The Labute approximate surface area is 72.6 Å². The minimum Gasteiger partial charge on any atom is -1.00 e. The number of aliphatic hydroxyl groups excluding tert-OH is 2. The summed E-state index contributed by atoms with van der Waals surface area (Å²) >= 11 is 0. The summed E-state index contributed by atoms with van der Waals surface area (Å²) in [7, 11) is 5.91. The lowest BCUT2D eigenvalue weighted by molar-refractivity contribution is -0.873. The van der Waals surface area contributed by atoms with Gasteiger partial charge in [0.2, 0.25) is 0 Å². The summed E-state index contributed by atoms with van der Waals surface area (Å²) in [6, 6.07) is 0. The van der Waals surface area contributed by atoms with Crippen LogP contribution in [0.1, 0.15) is 0 Å². The Kier molecular flexibility index (Phi) is 6.58. The SMILES string of the molecule is C[N+](C)(C)C[C@H](O)CO.[Br-]. The van der Waals surface area contributed by atoms with E-state index < -0.39 is 6.10 Å². The molecule has 2 N–H and O–H groups in total. The highest BCUT2D eigenvalue weighted by molar-refractivity contribution is 4.47. The normalized spacial score (nSPS) is 14.1. The summed E-state index contributed by atoms with van der Waals surface area (Å²) in [5.74, 6) is 0. The van der Waals surface area contributed by atoms with E-state index in [9.17, 15) is 0 Å². The van der Waals surface area contributed by atoms with Crippen molar-refractivity contribution in [1.82, 2.24) is 0 Å². The van der Waals surface area contributed by atoms with Crippen LogP contribution in [0.2, 0.25) is 0 Å². The minimum absolute atomic E-state index is 0. The number of rotatable bonds is 3. The van der Waals surface area contributed by atoms with Crippen molar-refractivity contribution in [2.45, 2.75) is 6.10 Å². The smallest absolute Gasteiger partial charge is 0.126 e. The molecule has 0 aromatic carbocycles. The van der Waals surface area contributed by atoms with Gasteiger partial charge >= 0.3 is 0 Å². The highest BCUT2D eigenvalue weighted by Crippen LogP contribution is 1.92. The van der Waals surface area contributed by atoms with E-state index in [1.165, 1.54) is 0 Å². The average molecular weight is 214 g/mol. The first-order valence-corrected chi connectivity index (χ1v) is 3.05. The maximum absolute atomic E-state index is 8.93. The molecule has 0 aliphatic heterocycles. The van der Waals surface area contributed by atoms with Gasteiger partial charge in [-0.3, -0.25) is 0 Å². The maximum Gasteiger partial charge on any atom is 0.126 e. The lowest BCUT2D eigenvalue weighted by atomic mass is 10.3. The van der Waals surface area contributed by atoms with Gasteiger partial charge < -0.3 is 31.7 Å². The summed E-state index contributed by atoms with van der Waals surface area (Å²) in [6.45, 7) is 0.450. The third-order valence-corrected chi connectivity index (χ3v) is 0.969. The van der Waals surface area contributed by atoms with Gasteiger partial charge in [-0.05, 0) is 0 Å². The van der Waals surface area contributed by atoms with Crippen LogP contribution in [0.15, 0.2) is 0 Å². The largest absolute Gasteiger partial charge is 1.00 e. The van der Waals surface area contributed by atoms with Gasteiger partial charge in [-0.1, -0.05) is 0 Å². The van der Waals surface area contributed by atoms with Gasteiger partial charge in [0.1, 0.15) is 12.6 Å². The van der Waals surface area contributed by atoms with Gasteiger partial charge in [0, 0.05) is 0 Å². The molecule has 0 bridgehead atoms. The number of quaternary nitrogens is 1. The van der Waals surface area contributed by atoms with Gasteiger partial charge in [0.15, 0.2) is 0 Å². The lowest BCUT2D eigenvalue weighted by Gasteiger charge is -2.25. The number of nitrogens with zero attached hydrogens (tertiary/aromatic N) is 1. The number of likely N-dealkylation sites (N-methyl/N-ethyl adjacent to an activating group) is 1. The highest BCUT2D eigenvalue weighted by Gasteiger charge is 2.13. The Morgan fingerprint density at radius 2 is 1.70 bits per heavy atom. The molecule has 0 fully saturated rings. The van der Waals surface area contributed by atoms with Crippen LogP contribution >= 0.6 is 0 Å². The molecule has 0 aliphatic carbocycles. The van der Waals surface area contributed by atoms with Crippen LogP contribution in [0.4, 0.5) is 0 Å². The van der Waals surface area contributed by atoms with Gasteiger partial charge in [-0.15, -0.1) is 0 Å². The Bertz CT molecular complexity index is 82.3. The van der Waals surface area contributed by atoms with Crippen molar-refractivity contribution < 1.29 is 31.7 Å². The second kappa shape index (κ2) is 5.07. The van der Waals surface area contributed by atoms with Crippen molar-refractivity contribution in [3.8, 4) is 0 Å². The van der Waals surface area contributed by atoms with Gasteiger partial charge in [0.25, 0.3) is 0 Å². The Hall–Kier alpha value is 0.360. The molecule has 0 saturated heterocycles. The molecule has 4 heteroatoms. The fourth-order valence-corrected chi connectivity index (χ4v) is 0.690. The summed E-state index contributed by atoms with van der Waals surface area (Å²) in [6.07, 6.45) is -0.579. The monoisotopic (exact) mass is 213 g/mol. The quantitative estimate of drug-likeness (QED) is 0.471. The Morgan fingerprint density at radius 3 is 1.80 bits per heavy atom. The van der Waals surface area contributed by atoms with Gasteiger partial charge in [0.05, 0.1) is 27.7 Å². The van der Waals surface area contributed by atoms with Crippen LogP contribution in [0.25, 0.3) is 0 Å². The minimum atomic E-state index is -0.579. The molecule has 0 saturated carbocycles. The molecule has 0 spiro atoms. The standard InChI is InChI=1S/C6H16NO2.BrH/c1-7(2,3)4-6(9)5-8;/h6,8-9H,4-5H2,1-3H3;1H/q+1;/p-1/t6-;/m0./s1. The lowest BCUT2D eigenvalue weighted by Crippen LogP contribution is -3.00. The predicted molar refractivity (Wildman–Crippen MR) is 36.0 cm³/mol. The zero-order chi connectivity index (χ0) is 7.49. The molecule has 0 amide bonds. The molecule has 3 nitrogen and oxygen atoms in total. The number of aliphatic hydroxyl groups is 2. The predicted octanol–water partition coefficient (Wildman–Crippen LogP) is -3.95. The van der Waals surface area contributed by atoms with E-state index in [0.717, 1.165) is 0 Å². The van der Waals surface area contributed by atoms with Crippen molar-refractivity contribution in [3.63, 3.8) is 0 Å². The first-order valence-electron chi connectivity index (χ1n) is 3.05. The average Bonchev–Trinajstić information content (AvgIpc) is 1.62. The zero-order valence-electron chi connectivity index (χ0n) is 6.71. The third kappa shape index (κ3) is 8.36. The fraction of sp³-hybridized carbons (Fsp3) is 1.00. The molecular weight excluding hydrogens is 198 g/mol. The van der Waals surface area contributed by atoms with Crippen LogP contribution in [0.3, 0.4) is 0 Å². The van der Waals surface area contributed by atoms with Crippen molar-refractivity contribution in [2.75, 3.05) is 34.3 Å². The van der Waals surface area contributed by atoms with E-state index in [-0.39, 0.29) is 23.6 Å². The third-order valence-electron chi connectivity index (χ3n) is 0.969. The fourth-order valence-electron chi connectivity index (χ4n) is 0.690. The van der Waals surface area contributed by atoms with Gasteiger partial charge in [-0.2, -0.15) is 0 Å². The summed E-state index contributed by atoms with van der Waals surface area (Å²) < 4.78 is 0.682. The van der Waals surface area contributed by atoms with Crippen molar-refractivity contribution >= 4 is 0 Å². The van der Waals surface area contributed by atoms with Crippen molar-refractivity contribution in [1.29, 1.82) is 0 Å². The number of hydrogen-bond donors (Lipinski definition) is 2. The molecule has 0 radical (unpaired) electrons. The maximum atomic E-state index is 8.93. The molecule has 0 aliphatic rings. The topological polar surface area (TPSA) is 40.5 Å². The molecule has 0 heterocycles. The van der Waals surface area contributed by atoms with Crippen LogP contribution in [0, 0.1) is 0 Å². The molecule has 64 valence electrons. The van der Waals surface area contributed by atoms with E-state index in [0.29, 0.717) is 11.0 Å². The molecule has 0 rings (SSSR count). The molecule has 10 heavy (non-hydrogen) atoms. The molecule has 0 aromatic heterocycles. The summed E-state index contributed by atoms with van der Waals surface area (Å²) in [5, 5.41) is 17.4. The second-order valence-electron chi connectivity index (χ2n) is 3.31. The van der Waals surface area contributed by atoms with Crippen molar-refractivity contribution in [2.24, 2.45) is 0 Å². The van der Waals surface area contributed by atoms with Crippen LogP contribution in [-0.2, 0) is 0 Å².